The van der Waals surface area contributed by atoms with E-state index in [2.05, 4.69) is 22.0 Å². The molecule has 1 N–H and O–H groups in total. The van der Waals surface area contributed by atoms with E-state index in [1.165, 1.54) is 4.90 Å². The minimum atomic E-state index is -0.712. The van der Waals surface area contributed by atoms with Crippen LogP contribution in [0.3, 0.4) is 0 Å². The maximum atomic E-state index is 12.8. The van der Waals surface area contributed by atoms with Crippen LogP contribution < -0.4 is 0 Å². The van der Waals surface area contributed by atoms with Gasteiger partial charge in [0.05, 0.1) is 22.8 Å². The van der Waals surface area contributed by atoms with Crippen molar-refractivity contribution in [3.05, 3.63) is 59.2 Å². The van der Waals surface area contributed by atoms with Gasteiger partial charge in [-0.2, -0.15) is 0 Å². The standard InChI is InChI=1S/C18H16BrNO3/c19-12-7-5-11(6-8-12)18(9-13(21)10-18)20-16(22)14-3-1-2-4-15(14)17(20)23/h1-7,12-13,21H,8-10H2. The van der Waals surface area contributed by atoms with Gasteiger partial charge in [-0.15, -0.1) is 0 Å². The third-order valence-corrected chi connectivity index (χ3v) is 5.63. The lowest BCUT2D eigenvalue weighted by atomic mass is 9.67. The lowest BCUT2D eigenvalue weighted by Gasteiger charge is -2.51. The number of amides is 2. The molecule has 1 aliphatic heterocycles. The highest BCUT2D eigenvalue weighted by molar-refractivity contribution is 9.09. The van der Waals surface area contributed by atoms with E-state index >= 15 is 0 Å². The third-order valence-electron chi connectivity index (χ3n) is 4.95. The zero-order valence-electron chi connectivity index (χ0n) is 12.4. The second-order valence-corrected chi connectivity index (χ2v) is 7.53. The molecule has 4 nitrogen and oxygen atoms in total. The Hall–Kier alpha value is -1.72. The summed E-state index contributed by atoms with van der Waals surface area (Å²) in [6, 6.07) is 6.92. The number of aliphatic hydroxyl groups is 1. The van der Waals surface area contributed by atoms with Crippen LogP contribution in [0.25, 0.3) is 0 Å². The fraction of sp³-hybridized carbons (Fsp3) is 0.333. The summed E-state index contributed by atoms with van der Waals surface area (Å²) < 4.78 is 0. The smallest absolute Gasteiger partial charge is 0.262 e. The van der Waals surface area contributed by atoms with Gasteiger partial charge in [0, 0.05) is 17.7 Å². The van der Waals surface area contributed by atoms with Gasteiger partial charge in [0.15, 0.2) is 0 Å². The first kappa shape index (κ1) is 14.8. The average Bonchev–Trinajstić information content (AvgIpc) is 2.77. The Labute approximate surface area is 142 Å². The molecule has 1 unspecified atom stereocenters. The monoisotopic (exact) mass is 373 g/mol. The highest BCUT2D eigenvalue weighted by Crippen LogP contribution is 2.48. The predicted molar refractivity (Wildman–Crippen MR) is 89.5 cm³/mol. The number of alkyl halides is 1. The number of carbonyl (C=O) groups is 2. The number of imide groups is 1. The number of benzene rings is 1. The van der Waals surface area contributed by atoms with Crippen LogP contribution in [-0.4, -0.2) is 38.3 Å². The van der Waals surface area contributed by atoms with E-state index in [1.807, 2.05) is 12.2 Å². The SMILES string of the molecule is O=C1c2ccccc2C(=O)N1C1(C2=CCC(Br)C=C2)CC(O)C1. The van der Waals surface area contributed by atoms with Gasteiger partial charge in [-0.05, 0) is 24.1 Å². The van der Waals surface area contributed by atoms with Crippen molar-refractivity contribution in [3.8, 4) is 0 Å². The lowest BCUT2D eigenvalue weighted by Crippen LogP contribution is -2.62. The summed E-state index contributed by atoms with van der Waals surface area (Å²) in [5.74, 6) is -0.513. The number of nitrogens with zero attached hydrogens (tertiary/aromatic N) is 1. The first-order valence-corrected chi connectivity index (χ1v) is 8.63. The number of allylic oxidation sites excluding steroid dienone is 2. The number of aliphatic hydroxyl groups excluding tert-OH is 1. The highest BCUT2D eigenvalue weighted by Gasteiger charge is 2.57. The van der Waals surface area contributed by atoms with Crippen molar-refractivity contribution in [1.82, 2.24) is 4.90 Å². The van der Waals surface area contributed by atoms with Gasteiger partial charge in [-0.1, -0.05) is 46.3 Å². The summed E-state index contributed by atoms with van der Waals surface area (Å²) in [4.78, 5) is 27.3. The van der Waals surface area contributed by atoms with Crippen LogP contribution in [0.15, 0.2) is 48.1 Å². The Morgan fingerprint density at radius 2 is 1.74 bits per heavy atom. The molecule has 2 aliphatic carbocycles. The fourth-order valence-corrected chi connectivity index (χ4v) is 4.12. The van der Waals surface area contributed by atoms with Gasteiger partial charge < -0.3 is 5.11 Å². The zero-order chi connectivity index (χ0) is 16.2. The van der Waals surface area contributed by atoms with Gasteiger partial charge in [0.2, 0.25) is 0 Å². The van der Waals surface area contributed by atoms with Crippen molar-refractivity contribution in [3.63, 3.8) is 0 Å². The van der Waals surface area contributed by atoms with Gasteiger partial charge in [-0.25, -0.2) is 0 Å². The Balaban J connectivity index is 1.77. The highest BCUT2D eigenvalue weighted by atomic mass is 79.9. The van der Waals surface area contributed by atoms with Crippen molar-refractivity contribution in [1.29, 1.82) is 0 Å². The fourth-order valence-electron chi connectivity index (χ4n) is 3.78. The number of rotatable bonds is 2. The minimum Gasteiger partial charge on any atom is -0.393 e. The first-order chi connectivity index (χ1) is 11.0. The molecule has 1 aromatic carbocycles. The van der Waals surface area contributed by atoms with Crippen LogP contribution in [0.5, 0.6) is 0 Å². The van der Waals surface area contributed by atoms with Crippen molar-refractivity contribution >= 4 is 27.7 Å². The number of fused-ring (bicyclic) bond motifs is 1. The normalized spacial score (nSPS) is 32.6. The van der Waals surface area contributed by atoms with E-state index in [1.54, 1.807) is 24.3 Å². The molecule has 1 saturated carbocycles. The molecule has 1 atom stereocenters. The number of hydrogen-bond acceptors (Lipinski definition) is 3. The molecule has 4 rings (SSSR count). The van der Waals surface area contributed by atoms with Crippen molar-refractivity contribution in [2.75, 3.05) is 0 Å². The van der Waals surface area contributed by atoms with Gasteiger partial charge in [0.1, 0.15) is 0 Å². The topological polar surface area (TPSA) is 57.6 Å². The molecule has 1 aromatic rings. The molecular formula is C18H16BrNO3. The molecule has 3 aliphatic rings. The number of hydrogen-bond donors (Lipinski definition) is 1. The van der Waals surface area contributed by atoms with Crippen molar-refractivity contribution in [2.24, 2.45) is 0 Å². The molecule has 0 radical (unpaired) electrons. The van der Waals surface area contributed by atoms with E-state index in [4.69, 9.17) is 0 Å². The number of halogens is 1. The third kappa shape index (κ3) is 2.07. The second-order valence-electron chi connectivity index (χ2n) is 6.36. The van der Waals surface area contributed by atoms with E-state index in [0.717, 1.165) is 12.0 Å². The molecule has 0 saturated heterocycles. The summed E-state index contributed by atoms with van der Waals surface area (Å²) in [5.41, 5.74) is 1.15. The number of carbonyl (C=O) groups excluding carboxylic acids is 2. The second kappa shape index (κ2) is 5.14. The van der Waals surface area contributed by atoms with Crippen molar-refractivity contribution < 1.29 is 14.7 Å². The molecule has 1 heterocycles. The Bertz CT molecular complexity index is 726. The van der Waals surface area contributed by atoms with Crippen LogP contribution in [-0.2, 0) is 0 Å². The van der Waals surface area contributed by atoms with Crippen LogP contribution in [0.2, 0.25) is 0 Å². The average molecular weight is 374 g/mol. The Morgan fingerprint density at radius 3 is 2.22 bits per heavy atom. The van der Waals surface area contributed by atoms with Crippen LogP contribution >= 0.6 is 15.9 Å². The molecule has 1 fully saturated rings. The Kier molecular flexibility index (Phi) is 3.32. The summed E-state index contributed by atoms with van der Waals surface area (Å²) in [6.45, 7) is 0. The summed E-state index contributed by atoms with van der Waals surface area (Å²) in [5, 5.41) is 9.91. The molecule has 23 heavy (non-hydrogen) atoms. The maximum Gasteiger partial charge on any atom is 0.262 e. The predicted octanol–water partition coefficient (Wildman–Crippen LogP) is 2.83. The molecule has 0 spiro atoms. The van der Waals surface area contributed by atoms with Gasteiger partial charge >= 0.3 is 0 Å². The molecular weight excluding hydrogens is 358 g/mol. The largest absolute Gasteiger partial charge is 0.393 e. The van der Waals surface area contributed by atoms with E-state index in [9.17, 15) is 14.7 Å². The summed E-state index contributed by atoms with van der Waals surface area (Å²) >= 11 is 3.54. The Morgan fingerprint density at radius 1 is 1.13 bits per heavy atom. The van der Waals surface area contributed by atoms with E-state index in [0.29, 0.717) is 24.0 Å². The van der Waals surface area contributed by atoms with Crippen molar-refractivity contribution in [2.45, 2.75) is 35.7 Å². The molecule has 0 bridgehead atoms. The van der Waals surface area contributed by atoms with Crippen LogP contribution in [0.1, 0.15) is 40.0 Å². The quantitative estimate of drug-likeness (QED) is 0.640. The first-order valence-electron chi connectivity index (χ1n) is 7.72. The molecule has 0 aromatic heterocycles. The van der Waals surface area contributed by atoms with E-state index in [-0.39, 0.29) is 16.6 Å². The minimum absolute atomic E-state index is 0.257. The molecule has 118 valence electrons. The summed E-state index contributed by atoms with van der Waals surface area (Å²) in [7, 11) is 0. The maximum absolute atomic E-state index is 12.8. The van der Waals surface area contributed by atoms with Gasteiger partial charge in [0.25, 0.3) is 11.8 Å². The van der Waals surface area contributed by atoms with E-state index < -0.39 is 11.6 Å². The zero-order valence-corrected chi connectivity index (χ0v) is 14.0. The molecule has 5 heteroatoms. The summed E-state index contributed by atoms with van der Waals surface area (Å²) in [6.07, 6.45) is 7.21. The molecule has 2 amide bonds. The van der Waals surface area contributed by atoms with Crippen LogP contribution in [0.4, 0.5) is 0 Å². The van der Waals surface area contributed by atoms with Crippen LogP contribution in [0, 0.1) is 0 Å². The van der Waals surface area contributed by atoms with Gasteiger partial charge in [-0.3, -0.25) is 14.5 Å². The lowest BCUT2D eigenvalue weighted by molar-refractivity contribution is -0.0274.